The number of carbonyl (C=O) groups excluding carboxylic acids is 2. The first-order chi connectivity index (χ1) is 6.11. The average Bonchev–Trinajstić information content (AvgIpc) is 2.11. The van der Waals surface area contributed by atoms with Crippen molar-refractivity contribution in [1.29, 1.82) is 0 Å². The molecule has 1 rings (SSSR count). The van der Waals surface area contributed by atoms with E-state index in [1.807, 2.05) is 0 Å². The average molecular weight is 178 g/mol. The van der Waals surface area contributed by atoms with Crippen LogP contribution in [0.15, 0.2) is 0 Å². The van der Waals surface area contributed by atoms with Crippen LogP contribution >= 0.6 is 0 Å². The molecule has 0 unspecified atom stereocenters. The van der Waals surface area contributed by atoms with E-state index in [0.29, 0.717) is 32.1 Å². The lowest BCUT2D eigenvalue weighted by atomic mass is 9.71. The third-order valence-corrected chi connectivity index (χ3v) is 2.81. The van der Waals surface area contributed by atoms with Crippen LogP contribution in [-0.4, -0.2) is 11.6 Å². The van der Waals surface area contributed by atoms with Crippen molar-refractivity contribution in [3.8, 4) is 12.3 Å². The largest absolute Gasteiger partial charge is 0.299 e. The molecule has 1 saturated carbocycles. The maximum atomic E-state index is 11.5. The van der Waals surface area contributed by atoms with E-state index in [1.165, 1.54) is 0 Å². The van der Waals surface area contributed by atoms with Gasteiger partial charge in [-0.1, -0.05) is 0 Å². The van der Waals surface area contributed by atoms with Crippen LogP contribution in [0.2, 0.25) is 0 Å². The molecule has 2 heteroatoms. The van der Waals surface area contributed by atoms with Gasteiger partial charge in [-0.05, 0) is 19.8 Å². The van der Waals surface area contributed by atoms with Gasteiger partial charge in [0.05, 0.1) is 5.41 Å². The molecule has 1 aliphatic carbocycles. The number of hydrogen-bond donors (Lipinski definition) is 0. The number of rotatable bonds is 2. The molecule has 13 heavy (non-hydrogen) atoms. The Morgan fingerprint density at radius 2 is 1.92 bits per heavy atom. The number of terminal acetylenes is 1. The molecule has 0 spiro atoms. The fourth-order valence-corrected chi connectivity index (χ4v) is 1.72. The molecular weight excluding hydrogens is 164 g/mol. The molecule has 1 fully saturated rings. The Balaban J connectivity index is 2.76. The Bertz CT molecular complexity index is 254. The SMILES string of the molecule is C#CCCC1(C)C(=O)CCCC1=O. The molecule has 0 aromatic carbocycles. The van der Waals surface area contributed by atoms with E-state index >= 15 is 0 Å². The molecule has 0 heterocycles. The topological polar surface area (TPSA) is 34.1 Å². The zero-order valence-corrected chi connectivity index (χ0v) is 7.93. The predicted molar refractivity (Wildman–Crippen MR) is 50.0 cm³/mol. The molecule has 0 atom stereocenters. The van der Waals surface area contributed by atoms with E-state index in [-0.39, 0.29) is 11.6 Å². The number of hydrogen-bond acceptors (Lipinski definition) is 2. The molecular formula is C11H14O2. The van der Waals surface area contributed by atoms with Gasteiger partial charge in [0.1, 0.15) is 11.6 Å². The van der Waals surface area contributed by atoms with Crippen molar-refractivity contribution in [2.75, 3.05) is 0 Å². The Morgan fingerprint density at radius 1 is 1.38 bits per heavy atom. The molecule has 0 radical (unpaired) electrons. The summed E-state index contributed by atoms with van der Waals surface area (Å²) < 4.78 is 0. The van der Waals surface area contributed by atoms with Gasteiger partial charge in [0.25, 0.3) is 0 Å². The molecule has 1 aliphatic rings. The molecule has 2 nitrogen and oxygen atoms in total. The van der Waals surface area contributed by atoms with E-state index in [0.717, 1.165) is 0 Å². The van der Waals surface area contributed by atoms with Gasteiger partial charge in [-0.2, -0.15) is 0 Å². The van der Waals surface area contributed by atoms with Crippen LogP contribution < -0.4 is 0 Å². The first-order valence-corrected chi connectivity index (χ1v) is 4.61. The van der Waals surface area contributed by atoms with Gasteiger partial charge in [-0.25, -0.2) is 0 Å². The molecule has 0 aromatic heterocycles. The predicted octanol–water partition coefficient (Wildman–Crippen LogP) is 1.73. The van der Waals surface area contributed by atoms with E-state index < -0.39 is 5.41 Å². The first-order valence-electron chi connectivity index (χ1n) is 4.61. The highest BCUT2D eigenvalue weighted by Crippen LogP contribution is 2.33. The number of Topliss-reactive ketones (excluding diaryl/α,β-unsaturated/α-hetero) is 2. The molecule has 0 saturated heterocycles. The highest BCUT2D eigenvalue weighted by atomic mass is 16.2. The summed E-state index contributed by atoms with van der Waals surface area (Å²) in [7, 11) is 0. The molecule has 70 valence electrons. The van der Waals surface area contributed by atoms with Crippen LogP contribution in [0.5, 0.6) is 0 Å². The van der Waals surface area contributed by atoms with Crippen molar-refractivity contribution in [3.63, 3.8) is 0 Å². The smallest absolute Gasteiger partial charge is 0.146 e. The van der Waals surface area contributed by atoms with Gasteiger partial charge < -0.3 is 0 Å². The van der Waals surface area contributed by atoms with E-state index in [4.69, 9.17) is 6.42 Å². The van der Waals surface area contributed by atoms with Gasteiger partial charge in [-0.3, -0.25) is 9.59 Å². The monoisotopic (exact) mass is 178 g/mol. The Hall–Kier alpha value is -1.10. The summed E-state index contributed by atoms with van der Waals surface area (Å²) in [5.74, 6) is 2.61. The zero-order chi connectivity index (χ0) is 9.90. The zero-order valence-electron chi connectivity index (χ0n) is 7.93. The van der Waals surface area contributed by atoms with E-state index in [1.54, 1.807) is 6.92 Å². The second kappa shape index (κ2) is 3.74. The molecule has 0 bridgehead atoms. The van der Waals surface area contributed by atoms with E-state index in [9.17, 15) is 9.59 Å². The van der Waals surface area contributed by atoms with Crippen LogP contribution in [-0.2, 0) is 9.59 Å². The van der Waals surface area contributed by atoms with Crippen molar-refractivity contribution >= 4 is 11.6 Å². The summed E-state index contributed by atoms with van der Waals surface area (Å²) in [5, 5.41) is 0. The quantitative estimate of drug-likeness (QED) is 0.476. The fourth-order valence-electron chi connectivity index (χ4n) is 1.72. The van der Waals surface area contributed by atoms with Crippen molar-refractivity contribution < 1.29 is 9.59 Å². The summed E-state index contributed by atoms with van der Waals surface area (Å²) in [6, 6.07) is 0. The van der Waals surface area contributed by atoms with Crippen molar-refractivity contribution in [2.45, 2.75) is 39.0 Å². The van der Waals surface area contributed by atoms with Crippen LogP contribution in [0.1, 0.15) is 39.0 Å². The van der Waals surface area contributed by atoms with Crippen LogP contribution in [0, 0.1) is 17.8 Å². The Morgan fingerprint density at radius 3 is 2.38 bits per heavy atom. The molecule has 0 N–H and O–H groups in total. The minimum absolute atomic E-state index is 0.0685. The van der Waals surface area contributed by atoms with Crippen LogP contribution in [0.25, 0.3) is 0 Å². The standard InChI is InChI=1S/C11H14O2/c1-3-4-8-11(2)9(12)6-5-7-10(11)13/h1H,4-8H2,2H3. The Kier molecular flexibility index (Phi) is 2.87. The lowest BCUT2D eigenvalue weighted by Crippen LogP contribution is -2.39. The van der Waals surface area contributed by atoms with Crippen molar-refractivity contribution in [3.05, 3.63) is 0 Å². The third-order valence-electron chi connectivity index (χ3n) is 2.81. The molecule has 0 aliphatic heterocycles. The van der Waals surface area contributed by atoms with Gasteiger partial charge >= 0.3 is 0 Å². The van der Waals surface area contributed by atoms with E-state index in [2.05, 4.69) is 5.92 Å². The first kappa shape index (κ1) is 9.98. The summed E-state index contributed by atoms with van der Waals surface area (Å²) in [6.45, 7) is 1.73. The summed E-state index contributed by atoms with van der Waals surface area (Å²) >= 11 is 0. The van der Waals surface area contributed by atoms with Crippen molar-refractivity contribution in [2.24, 2.45) is 5.41 Å². The van der Waals surface area contributed by atoms with Gasteiger partial charge in [0, 0.05) is 19.3 Å². The van der Waals surface area contributed by atoms with Gasteiger partial charge in [-0.15, -0.1) is 12.3 Å². The summed E-state index contributed by atoms with van der Waals surface area (Å²) in [6.07, 6.45) is 7.93. The van der Waals surface area contributed by atoms with Gasteiger partial charge in [0.2, 0.25) is 0 Å². The maximum absolute atomic E-state index is 11.5. The minimum Gasteiger partial charge on any atom is -0.299 e. The fraction of sp³-hybridized carbons (Fsp3) is 0.636. The van der Waals surface area contributed by atoms with Crippen LogP contribution in [0.3, 0.4) is 0 Å². The number of carbonyl (C=O) groups is 2. The second-order valence-electron chi connectivity index (χ2n) is 3.74. The highest BCUT2D eigenvalue weighted by molar-refractivity contribution is 6.08. The number of ketones is 2. The summed E-state index contributed by atoms with van der Waals surface area (Å²) in [4.78, 5) is 23.1. The lowest BCUT2D eigenvalue weighted by Gasteiger charge is -2.29. The van der Waals surface area contributed by atoms with Crippen LogP contribution in [0.4, 0.5) is 0 Å². The van der Waals surface area contributed by atoms with Crippen molar-refractivity contribution in [1.82, 2.24) is 0 Å². The molecule has 0 aromatic rings. The van der Waals surface area contributed by atoms with Gasteiger partial charge in [0.15, 0.2) is 0 Å². The summed E-state index contributed by atoms with van der Waals surface area (Å²) in [5.41, 5.74) is -0.773. The minimum atomic E-state index is -0.773. The highest BCUT2D eigenvalue weighted by Gasteiger charge is 2.41. The normalized spacial score (nSPS) is 21.2. The molecule has 0 amide bonds. The third kappa shape index (κ3) is 1.80. The Labute approximate surface area is 78.7 Å². The second-order valence-corrected chi connectivity index (χ2v) is 3.74. The lowest BCUT2D eigenvalue weighted by molar-refractivity contribution is -0.143. The maximum Gasteiger partial charge on any atom is 0.146 e.